The van der Waals surface area contributed by atoms with Crippen molar-refractivity contribution in [2.24, 2.45) is 11.5 Å². The number of hydrogen-bond donors (Lipinski definition) is 3. The number of rotatable bonds is 4. The van der Waals surface area contributed by atoms with Crippen molar-refractivity contribution in [1.29, 1.82) is 0 Å². The molecular formula is C15H15N3O2. The van der Waals surface area contributed by atoms with E-state index in [2.05, 4.69) is 5.32 Å². The predicted molar refractivity (Wildman–Crippen MR) is 77.2 cm³/mol. The molecule has 0 heterocycles. The van der Waals surface area contributed by atoms with Crippen molar-refractivity contribution in [3.05, 3.63) is 65.2 Å². The summed E-state index contributed by atoms with van der Waals surface area (Å²) in [7, 11) is 0. The third-order valence-corrected chi connectivity index (χ3v) is 2.89. The number of primary amides is 1. The average molecular weight is 269 g/mol. The molecule has 102 valence electrons. The van der Waals surface area contributed by atoms with Gasteiger partial charge in [0.2, 0.25) is 0 Å². The Balaban J connectivity index is 2.21. The highest BCUT2D eigenvalue weighted by Crippen LogP contribution is 2.15. The van der Waals surface area contributed by atoms with Crippen LogP contribution in [0.2, 0.25) is 0 Å². The highest BCUT2D eigenvalue weighted by Gasteiger charge is 2.11. The lowest BCUT2D eigenvalue weighted by atomic mass is 10.1. The van der Waals surface area contributed by atoms with Gasteiger partial charge in [0.25, 0.3) is 11.8 Å². The third-order valence-electron chi connectivity index (χ3n) is 2.89. The van der Waals surface area contributed by atoms with E-state index in [9.17, 15) is 9.59 Å². The van der Waals surface area contributed by atoms with Gasteiger partial charge in [0.15, 0.2) is 0 Å². The van der Waals surface area contributed by atoms with Gasteiger partial charge in [-0.2, -0.15) is 0 Å². The normalized spacial score (nSPS) is 10.1. The fourth-order valence-corrected chi connectivity index (χ4v) is 1.79. The largest absolute Gasteiger partial charge is 0.366 e. The monoisotopic (exact) mass is 269 g/mol. The summed E-state index contributed by atoms with van der Waals surface area (Å²) in [6, 6.07) is 13.5. The van der Waals surface area contributed by atoms with E-state index in [-0.39, 0.29) is 11.5 Å². The van der Waals surface area contributed by atoms with Gasteiger partial charge in [-0.1, -0.05) is 24.3 Å². The molecule has 0 bridgehead atoms. The molecule has 0 spiro atoms. The van der Waals surface area contributed by atoms with E-state index < -0.39 is 5.91 Å². The Kier molecular flexibility index (Phi) is 4.12. The van der Waals surface area contributed by atoms with Crippen molar-refractivity contribution < 1.29 is 9.59 Å². The van der Waals surface area contributed by atoms with E-state index in [1.807, 2.05) is 0 Å². The molecule has 0 aliphatic rings. The number of amides is 2. The molecule has 5 N–H and O–H groups in total. The van der Waals surface area contributed by atoms with Crippen molar-refractivity contribution in [2.75, 3.05) is 5.32 Å². The number of nitrogens with two attached hydrogens (primary N) is 2. The zero-order valence-electron chi connectivity index (χ0n) is 10.8. The SMILES string of the molecule is NCc1ccc(C(=O)Nc2ccccc2C(N)=O)cc1. The zero-order chi connectivity index (χ0) is 14.5. The number of nitrogens with one attached hydrogen (secondary N) is 1. The third kappa shape index (κ3) is 3.02. The molecule has 0 fully saturated rings. The fraction of sp³-hybridized carbons (Fsp3) is 0.0667. The molecule has 0 saturated carbocycles. The molecule has 2 amide bonds. The van der Waals surface area contributed by atoms with E-state index in [0.717, 1.165) is 5.56 Å². The summed E-state index contributed by atoms with van der Waals surface area (Å²) in [4.78, 5) is 23.4. The average Bonchev–Trinajstić information content (AvgIpc) is 2.47. The van der Waals surface area contributed by atoms with Crippen LogP contribution in [0, 0.1) is 0 Å². The van der Waals surface area contributed by atoms with Crippen LogP contribution < -0.4 is 16.8 Å². The Hall–Kier alpha value is -2.66. The van der Waals surface area contributed by atoms with Crippen LogP contribution in [0.1, 0.15) is 26.3 Å². The van der Waals surface area contributed by atoms with Gasteiger partial charge in [0, 0.05) is 12.1 Å². The van der Waals surface area contributed by atoms with Crippen molar-refractivity contribution in [1.82, 2.24) is 0 Å². The smallest absolute Gasteiger partial charge is 0.255 e. The van der Waals surface area contributed by atoms with Crippen LogP contribution in [-0.2, 0) is 6.54 Å². The standard InChI is InChI=1S/C15H15N3O2/c16-9-10-5-7-11(8-6-10)15(20)18-13-4-2-1-3-12(13)14(17)19/h1-8H,9,16H2,(H2,17,19)(H,18,20). The van der Waals surface area contributed by atoms with E-state index in [0.29, 0.717) is 17.8 Å². The first-order chi connectivity index (χ1) is 9.61. The molecule has 2 aromatic rings. The van der Waals surface area contributed by atoms with Gasteiger partial charge in [-0.05, 0) is 29.8 Å². The Morgan fingerprint density at radius 1 is 1.00 bits per heavy atom. The molecule has 0 aliphatic heterocycles. The molecule has 5 nitrogen and oxygen atoms in total. The van der Waals surface area contributed by atoms with E-state index in [1.54, 1.807) is 48.5 Å². The predicted octanol–water partition coefficient (Wildman–Crippen LogP) is 1.50. The van der Waals surface area contributed by atoms with E-state index in [4.69, 9.17) is 11.5 Å². The van der Waals surface area contributed by atoms with Crippen LogP contribution in [0.15, 0.2) is 48.5 Å². The molecule has 0 saturated heterocycles. The second kappa shape index (κ2) is 5.99. The van der Waals surface area contributed by atoms with E-state index >= 15 is 0 Å². The number of para-hydroxylation sites is 1. The topological polar surface area (TPSA) is 98.2 Å². The van der Waals surface area contributed by atoms with Crippen molar-refractivity contribution in [2.45, 2.75) is 6.54 Å². The summed E-state index contributed by atoms with van der Waals surface area (Å²) in [6.07, 6.45) is 0. The van der Waals surface area contributed by atoms with Crippen LogP contribution in [0.5, 0.6) is 0 Å². The molecule has 0 radical (unpaired) electrons. The van der Waals surface area contributed by atoms with Crippen LogP contribution in [0.4, 0.5) is 5.69 Å². The Morgan fingerprint density at radius 3 is 2.25 bits per heavy atom. The van der Waals surface area contributed by atoms with Crippen molar-refractivity contribution in [3.63, 3.8) is 0 Å². The van der Waals surface area contributed by atoms with Gasteiger partial charge in [0.1, 0.15) is 0 Å². The quantitative estimate of drug-likeness (QED) is 0.784. The lowest BCUT2D eigenvalue weighted by Crippen LogP contribution is -2.18. The Morgan fingerprint density at radius 2 is 1.65 bits per heavy atom. The molecule has 0 aliphatic carbocycles. The molecule has 20 heavy (non-hydrogen) atoms. The van der Waals surface area contributed by atoms with Gasteiger partial charge in [-0.25, -0.2) is 0 Å². The summed E-state index contributed by atoms with van der Waals surface area (Å²) in [5, 5.41) is 2.67. The maximum atomic E-state index is 12.1. The van der Waals surface area contributed by atoms with Gasteiger partial charge in [0.05, 0.1) is 11.3 Å². The first kappa shape index (κ1) is 13.8. The van der Waals surface area contributed by atoms with Crippen molar-refractivity contribution >= 4 is 17.5 Å². The zero-order valence-corrected chi connectivity index (χ0v) is 10.8. The molecule has 5 heteroatoms. The first-order valence-electron chi connectivity index (χ1n) is 6.11. The van der Waals surface area contributed by atoms with Crippen LogP contribution in [-0.4, -0.2) is 11.8 Å². The molecule has 2 rings (SSSR count). The number of benzene rings is 2. The number of carbonyl (C=O) groups excluding carboxylic acids is 2. The second-order valence-electron chi connectivity index (χ2n) is 4.27. The minimum absolute atomic E-state index is 0.277. The lowest BCUT2D eigenvalue weighted by molar-refractivity contribution is 0.100. The highest BCUT2D eigenvalue weighted by molar-refractivity contribution is 6.08. The first-order valence-corrected chi connectivity index (χ1v) is 6.11. The fourth-order valence-electron chi connectivity index (χ4n) is 1.79. The lowest BCUT2D eigenvalue weighted by Gasteiger charge is -2.09. The minimum Gasteiger partial charge on any atom is -0.366 e. The summed E-state index contributed by atoms with van der Waals surface area (Å²) in [5.41, 5.74) is 12.9. The summed E-state index contributed by atoms with van der Waals surface area (Å²) in [5.74, 6) is -0.887. The molecule has 0 atom stereocenters. The maximum absolute atomic E-state index is 12.1. The Bertz CT molecular complexity index is 636. The van der Waals surface area contributed by atoms with Gasteiger partial charge >= 0.3 is 0 Å². The second-order valence-corrected chi connectivity index (χ2v) is 4.27. The molecular weight excluding hydrogens is 254 g/mol. The van der Waals surface area contributed by atoms with Gasteiger partial charge in [-0.3, -0.25) is 9.59 Å². The maximum Gasteiger partial charge on any atom is 0.255 e. The van der Waals surface area contributed by atoms with Gasteiger partial charge in [-0.15, -0.1) is 0 Å². The van der Waals surface area contributed by atoms with Crippen LogP contribution >= 0.6 is 0 Å². The Labute approximate surface area is 116 Å². The van der Waals surface area contributed by atoms with Crippen LogP contribution in [0.25, 0.3) is 0 Å². The molecule has 0 unspecified atom stereocenters. The number of anilines is 1. The number of hydrogen-bond acceptors (Lipinski definition) is 3. The van der Waals surface area contributed by atoms with E-state index in [1.165, 1.54) is 0 Å². The van der Waals surface area contributed by atoms with Crippen molar-refractivity contribution in [3.8, 4) is 0 Å². The highest BCUT2D eigenvalue weighted by atomic mass is 16.2. The van der Waals surface area contributed by atoms with Crippen LogP contribution in [0.3, 0.4) is 0 Å². The summed E-state index contributed by atoms with van der Waals surface area (Å²) < 4.78 is 0. The summed E-state index contributed by atoms with van der Waals surface area (Å²) in [6.45, 7) is 0.423. The van der Waals surface area contributed by atoms with Gasteiger partial charge < -0.3 is 16.8 Å². The minimum atomic E-state index is -0.584. The summed E-state index contributed by atoms with van der Waals surface area (Å²) >= 11 is 0. The molecule has 2 aromatic carbocycles. The molecule has 0 aromatic heterocycles. The number of carbonyl (C=O) groups is 2.